The van der Waals surface area contributed by atoms with Gasteiger partial charge in [-0.1, -0.05) is 18.6 Å². The average molecular weight is 334 g/mol. The molecule has 1 aliphatic rings. The van der Waals surface area contributed by atoms with Gasteiger partial charge < -0.3 is 25.0 Å². The zero-order valence-corrected chi connectivity index (χ0v) is 15.1. The second kappa shape index (κ2) is 10.0. The minimum Gasteiger partial charge on any atom is -0.493 e. The Morgan fingerprint density at radius 1 is 1.12 bits per heavy atom. The van der Waals surface area contributed by atoms with Gasteiger partial charge in [-0.25, -0.2) is 0 Å². The Balaban J connectivity index is 1.81. The number of nitrogens with one attached hydrogen (secondary N) is 2. The number of guanidine groups is 1. The fraction of sp³-hybridized carbons (Fsp3) is 0.611. The van der Waals surface area contributed by atoms with Crippen LogP contribution in [0.15, 0.2) is 23.2 Å². The lowest BCUT2D eigenvalue weighted by atomic mass is 10.1. The first-order valence-electron chi connectivity index (χ1n) is 8.65. The fourth-order valence-corrected chi connectivity index (χ4v) is 3.01. The largest absolute Gasteiger partial charge is 0.493 e. The van der Waals surface area contributed by atoms with Crippen molar-refractivity contribution in [2.45, 2.75) is 25.8 Å². The summed E-state index contributed by atoms with van der Waals surface area (Å²) in [5, 5.41) is 6.71. The van der Waals surface area contributed by atoms with E-state index in [1.807, 2.05) is 18.2 Å². The number of hydrogen-bond donors (Lipinski definition) is 2. The lowest BCUT2D eigenvalue weighted by Crippen LogP contribution is -2.42. The smallest absolute Gasteiger partial charge is 0.191 e. The van der Waals surface area contributed by atoms with Gasteiger partial charge >= 0.3 is 0 Å². The van der Waals surface area contributed by atoms with Crippen molar-refractivity contribution in [1.82, 2.24) is 15.5 Å². The van der Waals surface area contributed by atoms with E-state index in [1.54, 1.807) is 21.3 Å². The summed E-state index contributed by atoms with van der Waals surface area (Å²) < 4.78 is 10.8. The number of rotatable bonds is 7. The van der Waals surface area contributed by atoms with Crippen LogP contribution in [0, 0.1) is 0 Å². The number of benzene rings is 1. The van der Waals surface area contributed by atoms with Crippen LogP contribution in [0.2, 0.25) is 0 Å². The normalized spacial score (nSPS) is 15.9. The summed E-state index contributed by atoms with van der Waals surface area (Å²) in [5.41, 5.74) is 1.04. The lowest BCUT2D eigenvalue weighted by Gasteiger charge is -2.26. The molecule has 0 radical (unpaired) electrons. The quantitative estimate of drug-likeness (QED) is 0.589. The number of nitrogens with zero attached hydrogens (tertiary/aromatic N) is 2. The van der Waals surface area contributed by atoms with Crippen molar-refractivity contribution in [2.75, 3.05) is 47.4 Å². The first-order chi connectivity index (χ1) is 11.8. The first kappa shape index (κ1) is 18.4. The maximum Gasteiger partial charge on any atom is 0.191 e. The molecule has 1 aliphatic heterocycles. The molecule has 2 N–H and O–H groups in total. The summed E-state index contributed by atoms with van der Waals surface area (Å²) in [6, 6.07) is 5.88. The zero-order chi connectivity index (χ0) is 17.2. The maximum absolute atomic E-state index is 5.46. The molecule has 0 saturated carbocycles. The molecule has 6 nitrogen and oxygen atoms in total. The van der Waals surface area contributed by atoms with Crippen molar-refractivity contribution in [2.24, 2.45) is 4.99 Å². The summed E-state index contributed by atoms with van der Waals surface area (Å²) in [5.74, 6) is 2.30. The van der Waals surface area contributed by atoms with Crippen LogP contribution in [0.4, 0.5) is 0 Å². The Kier molecular flexibility index (Phi) is 7.68. The molecule has 1 aromatic carbocycles. The molecule has 1 fully saturated rings. The Labute approximate surface area is 145 Å². The Hall–Kier alpha value is -1.95. The molecule has 2 rings (SSSR count). The van der Waals surface area contributed by atoms with Crippen LogP contribution in [0.1, 0.15) is 24.8 Å². The highest BCUT2D eigenvalue weighted by Gasteiger charge is 2.11. The summed E-state index contributed by atoms with van der Waals surface area (Å²) in [6.45, 7) is 5.02. The van der Waals surface area contributed by atoms with Gasteiger partial charge in [-0.05, 0) is 32.0 Å². The molecule has 1 heterocycles. The molecule has 0 aromatic heterocycles. The second-order valence-electron chi connectivity index (χ2n) is 5.91. The number of ether oxygens (including phenoxy) is 2. The van der Waals surface area contributed by atoms with E-state index in [2.05, 4.69) is 20.5 Å². The summed E-state index contributed by atoms with van der Waals surface area (Å²) >= 11 is 0. The van der Waals surface area contributed by atoms with Crippen LogP contribution in [-0.4, -0.2) is 58.3 Å². The van der Waals surface area contributed by atoms with Crippen molar-refractivity contribution >= 4 is 5.96 Å². The lowest BCUT2D eigenvalue weighted by molar-refractivity contribution is 0.232. The van der Waals surface area contributed by atoms with Gasteiger partial charge in [-0.3, -0.25) is 4.99 Å². The van der Waals surface area contributed by atoms with Gasteiger partial charge in [0.1, 0.15) is 0 Å². The van der Waals surface area contributed by atoms with Crippen molar-refractivity contribution in [3.8, 4) is 11.5 Å². The van der Waals surface area contributed by atoms with Crippen molar-refractivity contribution in [3.63, 3.8) is 0 Å². The standard InChI is InChI=1S/C18H30N4O2/c1-19-18(20-10-13-22-11-5-4-6-12-22)21-14-15-8-7-9-16(23-2)17(15)24-3/h7-9H,4-6,10-14H2,1-3H3,(H2,19,20,21). The minimum atomic E-state index is 0.629. The average Bonchev–Trinajstić information content (AvgIpc) is 2.64. The molecule has 0 amide bonds. The Morgan fingerprint density at radius 2 is 1.92 bits per heavy atom. The van der Waals surface area contributed by atoms with Crippen molar-refractivity contribution < 1.29 is 9.47 Å². The van der Waals surface area contributed by atoms with Crippen LogP contribution in [-0.2, 0) is 6.54 Å². The molecule has 0 spiro atoms. The molecule has 0 bridgehead atoms. The molecular weight excluding hydrogens is 304 g/mol. The molecule has 0 unspecified atom stereocenters. The van der Waals surface area contributed by atoms with Gasteiger partial charge in [-0.2, -0.15) is 0 Å². The van der Waals surface area contributed by atoms with Crippen LogP contribution < -0.4 is 20.1 Å². The van der Waals surface area contributed by atoms with E-state index in [4.69, 9.17) is 9.47 Å². The van der Waals surface area contributed by atoms with Crippen LogP contribution in [0.25, 0.3) is 0 Å². The van der Waals surface area contributed by atoms with Crippen LogP contribution in [0.5, 0.6) is 11.5 Å². The SMILES string of the molecule is CN=C(NCCN1CCCCC1)NCc1cccc(OC)c1OC. The number of likely N-dealkylation sites (tertiary alicyclic amines) is 1. The predicted molar refractivity (Wildman–Crippen MR) is 98.0 cm³/mol. The third-order valence-electron chi connectivity index (χ3n) is 4.32. The molecule has 134 valence electrons. The second-order valence-corrected chi connectivity index (χ2v) is 5.91. The van der Waals surface area contributed by atoms with Gasteiger partial charge in [0.15, 0.2) is 17.5 Å². The number of aliphatic imine (C=N–C) groups is 1. The highest BCUT2D eigenvalue weighted by atomic mass is 16.5. The highest BCUT2D eigenvalue weighted by Crippen LogP contribution is 2.30. The van der Waals surface area contributed by atoms with Gasteiger partial charge in [0.25, 0.3) is 0 Å². The number of para-hydroxylation sites is 1. The molecule has 24 heavy (non-hydrogen) atoms. The van der Waals surface area contributed by atoms with E-state index >= 15 is 0 Å². The third kappa shape index (κ3) is 5.30. The molecular formula is C18H30N4O2. The van der Waals surface area contributed by atoms with Crippen molar-refractivity contribution in [3.05, 3.63) is 23.8 Å². The van der Waals surface area contributed by atoms with Crippen molar-refractivity contribution in [1.29, 1.82) is 0 Å². The van der Waals surface area contributed by atoms with Gasteiger partial charge in [0.05, 0.1) is 14.2 Å². The maximum atomic E-state index is 5.46. The topological polar surface area (TPSA) is 58.1 Å². The van der Waals surface area contributed by atoms with E-state index < -0.39 is 0 Å². The Bertz CT molecular complexity index is 528. The summed E-state index contributed by atoms with van der Waals surface area (Å²) in [7, 11) is 5.10. The first-order valence-corrected chi connectivity index (χ1v) is 8.65. The Morgan fingerprint density at radius 3 is 2.58 bits per heavy atom. The van der Waals surface area contributed by atoms with Gasteiger partial charge in [-0.15, -0.1) is 0 Å². The molecule has 0 aliphatic carbocycles. The van der Waals surface area contributed by atoms with E-state index in [-0.39, 0.29) is 0 Å². The minimum absolute atomic E-state index is 0.629. The molecule has 0 atom stereocenters. The third-order valence-corrected chi connectivity index (χ3v) is 4.32. The van der Waals surface area contributed by atoms with E-state index in [1.165, 1.54) is 32.4 Å². The summed E-state index contributed by atoms with van der Waals surface area (Å²) in [4.78, 5) is 6.80. The number of piperidine rings is 1. The molecule has 6 heteroatoms. The van der Waals surface area contributed by atoms with Crippen LogP contribution >= 0.6 is 0 Å². The molecule has 1 saturated heterocycles. The van der Waals surface area contributed by atoms with E-state index in [9.17, 15) is 0 Å². The van der Waals surface area contributed by atoms with Gasteiger partial charge in [0.2, 0.25) is 0 Å². The highest BCUT2D eigenvalue weighted by molar-refractivity contribution is 5.79. The van der Waals surface area contributed by atoms with Crippen LogP contribution in [0.3, 0.4) is 0 Å². The van der Waals surface area contributed by atoms with E-state index in [0.717, 1.165) is 36.1 Å². The molecule has 1 aromatic rings. The fourth-order valence-electron chi connectivity index (χ4n) is 3.01. The zero-order valence-electron chi connectivity index (χ0n) is 15.1. The monoisotopic (exact) mass is 334 g/mol. The number of methoxy groups -OCH3 is 2. The summed E-state index contributed by atoms with van der Waals surface area (Å²) in [6.07, 6.45) is 4.01. The van der Waals surface area contributed by atoms with Gasteiger partial charge in [0, 0.05) is 32.2 Å². The number of hydrogen-bond acceptors (Lipinski definition) is 4. The van der Waals surface area contributed by atoms with E-state index in [0.29, 0.717) is 6.54 Å². The predicted octanol–water partition coefficient (Wildman–Crippen LogP) is 1.85.